The SMILES string of the molecule is CC/C=C\C/C=C\C/C=C\C/C=C\C/C=C\C/C=C\C/C=C\CCCC(=O)OC(COC(=O)CCCCCCCCCCCCCCCCCC/C=C\C/C=C\C/C=C\CCCCCCC)COP(=O)([O-])OCC[N+](C)(C)C. The summed E-state index contributed by atoms with van der Waals surface area (Å²) in [5, 5.41) is 0. The number of rotatable bonds is 56. The van der Waals surface area contributed by atoms with Crippen LogP contribution in [0.2, 0.25) is 0 Å². The second-order valence-electron chi connectivity index (χ2n) is 21.7. The minimum absolute atomic E-state index is 0.0477. The van der Waals surface area contributed by atoms with Crippen LogP contribution >= 0.6 is 7.82 Å². The highest BCUT2D eigenvalue weighted by Gasteiger charge is 2.21. The standard InChI is InChI=1S/C68H116NO8P/c1-6-8-10-12-14-16-18-20-22-24-26-28-30-31-32-33-34-35-36-37-39-40-42-44-46-48-50-52-54-56-58-60-67(70)74-64-66(65-76-78(72,73)75-63-62-69(3,4)5)77-68(71)61-59-57-55-53-51-49-47-45-43-41-38-29-27-25-23-21-19-17-15-13-11-9-7-2/h9,11,15,17-18,20-21,23-24,26-27,29-31,41,43,47,49,53,55,66H,6-8,10,12-14,16,19,22,25,28,32-40,42,44-46,48,50-52,54,56-65H2,1-5H3/b11-9-,17-15-,20-18-,23-21-,26-24-,29-27-,31-30-,43-41-,49-47-,55-53-. The lowest BCUT2D eigenvalue weighted by atomic mass is 10.0. The number of esters is 2. The molecule has 78 heavy (non-hydrogen) atoms. The van der Waals surface area contributed by atoms with Crippen LogP contribution in [0.3, 0.4) is 0 Å². The molecule has 0 radical (unpaired) electrons. The summed E-state index contributed by atoms with van der Waals surface area (Å²) in [6, 6.07) is 0. The predicted molar refractivity (Wildman–Crippen MR) is 332 cm³/mol. The Balaban J connectivity index is 4.19. The Kier molecular flexibility index (Phi) is 55.4. The van der Waals surface area contributed by atoms with Crippen LogP contribution in [-0.2, 0) is 32.7 Å². The number of phosphoric ester groups is 1. The van der Waals surface area contributed by atoms with Gasteiger partial charge in [0.05, 0.1) is 27.7 Å². The fourth-order valence-electron chi connectivity index (χ4n) is 8.18. The van der Waals surface area contributed by atoms with Crippen LogP contribution in [0, 0.1) is 0 Å². The zero-order chi connectivity index (χ0) is 57.0. The Morgan fingerprint density at radius 1 is 0.410 bits per heavy atom. The highest BCUT2D eigenvalue weighted by Crippen LogP contribution is 2.38. The third-order valence-electron chi connectivity index (χ3n) is 13.0. The van der Waals surface area contributed by atoms with Gasteiger partial charge in [0, 0.05) is 12.8 Å². The second kappa shape index (κ2) is 58.1. The van der Waals surface area contributed by atoms with Gasteiger partial charge in [-0.1, -0.05) is 251 Å². The summed E-state index contributed by atoms with van der Waals surface area (Å²) in [5.41, 5.74) is 0. The normalized spacial score (nSPS) is 14.1. The summed E-state index contributed by atoms with van der Waals surface area (Å²) in [7, 11) is 1.12. The maximum atomic E-state index is 12.8. The summed E-state index contributed by atoms with van der Waals surface area (Å²) in [4.78, 5) is 37.9. The van der Waals surface area contributed by atoms with E-state index in [-0.39, 0.29) is 26.1 Å². The van der Waals surface area contributed by atoms with E-state index >= 15 is 0 Å². The molecule has 0 spiro atoms. The third-order valence-corrected chi connectivity index (χ3v) is 13.9. The predicted octanol–water partition coefficient (Wildman–Crippen LogP) is 19.3. The van der Waals surface area contributed by atoms with Crippen molar-refractivity contribution < 1.29 is 42.1 Å². The Bertz CT molecular complexity index is 1730. The molecular weight excluding hydrogens is 990 g/mol. The Hall–Kier alpha value is -3.59. The number of allylic oxidation sites excluding steroid dienone is 20. The van der Waals surface area contributed by atoms with Crippen LogP contribution in [0.25, 0.3) is 0 Å². The van der Waals surface area contributed by atoms with E-state index < -0.39 is 32.5 Å². The molecule has 0 aliphatic carbocycles. The molecule has 0 fully saturated rings. The van der Waals surface area contributed by atoms with Crippen LogP contribution in [0.15, 0.2) is 122 Å². The van der Waals surface area contributed by atoms with Crippen LogP contribution in [0.4, 0.5) is 0 Å². The minimum Gasteiger partial charge on any atom is -0.756 e. The monoisotopic (exact) mass is 1110 g/mol. The Labute approximate surface area is 479 Å². The first-order valence-electron chi connectivity index (χ1n) is 31.2. The number of hydrogen-bond acceptors (Lipinski definition) is 8. The van der Waals surface area contributed by atoms with Crippen LogP contribution in [0.1, 0.15) is 245 Å². The van der Waals surface area contributed by atoms with E-state index in [1.165, 1.54) is 128 Å². The molecule has 446 valence electrons. The number of phosphoric acid groups is 1. The highest BCUT2D eigenvalue weighted by atomic mass is 31.2. The van der Waals surface area contributed by atoms with Crippen molar-refractivity contribution in [2.45, 2.75) is 251 Å². The van der Waals surface area contributed by atoms with Crippen LogP contribution in [-0.4, -0.2) is 70.0 Å². The van der Waals surface area contributed by atoms with Crippen molar-refractivity contribution in [2.24, 2.45) is 0 Å². The number of hydrogen-bond donors (Lipinski definition) is 0. The van der Waals surface area contributed by atoms with Crippen molar-refractivity contribution in [3.8, 4) is 0 Å². The van der Waals surface area contributed by atoms with Gasteiger partial charge < -0.3 is 27.9 Å². The summed E-state index contributed by atoms with van der Waals surface area (Å²) in [5.74, 6) is -0.907. The molecule has 0 saturated heterocycles. The molecule has 0 amide bonds. The van der Waals surface area contributed by atoms with Crippen molar-refractivity contribution in [1.82, 2.24) is 0 Å². The van der Waals surface area contributed by atoms with Gasteiger partial charge in [0.15, 0.2) is 6.10 Å². The quantitative estimate of drug-likeness (QED) is 0.0195. The van der Waals surface area contributed by atoms with E-state index in [1.807, 2.05) is 27.2 Å². The van der Waals surface area contributed by atoms with E-state index in [2.05, 4.69) is 129 Å². The fourth-order valence-corrected chi connectivity index (χ4v) is 8.91. The molecule has 2 atom stereocenters. The maximum Gasteiger partial charge on any atom is 0.306 e. The smallest absolute Gasteiger partial charge is 0.306 e. The lowest BCUT2D eigenvalue weighted by Crippen LogP contribution is -2.37. The molecule has 0 aromatic rings. The van der Waals surface area contributed by atoms with E-state index in [0.29, 0.717) is 23.9 Å². The molecule has 0 aromatic heterocycles. The molecule has 9 nitrogen and oxygen atoms in total. The van der Waals surface area contributed by atoms with Gasteiger partial charge in [0.1, 0.15) is 19.8 Å². The number of quaternary nitrogens is 1. The number of nitrogens with zero attached hydrogens (tertiary/aromatic N) is 1. The van der Waals surface area contributed by atoms with E-state index in [4.69, 9.17) is 18.5 Å². The first kappa shape index (κ1) is 74.4. The topological polar surface area (TPSA) is 111 Å². The zero-order valence-corrected chi connectivity index (χ0v) is 51.5. The van der Waals surface area contributed by atoms with E-state index in [1.54, 1.807) is 0 Å². The Morgan fingerprint density at radius 3 is 1.13 bits per heavy atom. The highest BCUT2D eigenvalue weighted by molar-refractivity contribution is 7.45. The van der Waals surface area contributed by atoms with Crippen molar-refractivity contribution >= 4 is 19.8 Å². The zero-order valence-electron chi connectivity index (χ0n) is 50.6. The first-order valence-corrected chi connectivity index (χ1v) is 32.7. The molecule has 0 aliphatic rings. The van der Waals surface area contributed by atoms with Gasteiger partial charge in [-0.2, -0.15) is 0 Å². The van der Waals surface area contributed by atoms with E-state index in [9.17, 15) is 19.0 Å². The van der Waals surface area contributed by atoms with Crippen molar-refractivity contribution in [1.29, 1.82) is 0 Å². The van der Waals surface area contributed by atoms with E-state index in [0.717, 1.165) is 77.0 Å². The molecule has 0 N–H and O–H groups in total. The lowest BCUT2D eigenvalue weighted by Gasteiger charge is -2.28. The molecule has 2 unspecified atom stereocenters. The third kappa shape index (κ3) is 61.6. The lowest BCUT2D eigenvalue weighted by molar-refractivity contribution is -0.870. The van der Waals surface area contributed by atoms with Crippen molar-refractivity contribution in [3.05, 3.63) is 122 Å². The second-order valence-corrected chi connectivity index (χ2v) is 23.1. The maximum absolute atomic E-state index is 12.8. The molecule has 0 rings (SSSR count). The summed E-state index contributed by atoms with van der Waals surface area (Å²) in [6.07, 6.45) is 82.7. The van der Waals surface area contributed by atoms with Crippen LogP contribution in [0.5, 0.6) is 0 Å². The summed E-state index contributed by atoms with van der Waals surface area (Å²) in [6.45, 7) is 4.05. The summed E-state index contributed by atoms with van der Waals surface area (Å²) >= 11 is 0. The number of ether oxygens (including phenoxy) is 2. The average Bonchev–Trinajstić information content (AvgIpc) is 3.40. The molecule has 0 saturated carbocycles. The number of likely N-dealkylation sites (N-methyl/N-ethyl adjacent to an activating group) is 1. The summed E-state index contributed by atoms with van der Waals surface area (Å²) < 4.78 is 34.1. The molecular formula is C68H116NO8P. The van der Waals surface area contributed by atoms with Crippen LogP contribution < -0.4 is 4.89 Å². The molecule has 0 heterocycles. The van der Waals surface area contributed by atoms with Gasteiger partial charge in [-0.15, -0.1) is 0 Å². The van der Waals surface area contributed by atoms with Crippen molar-refractivity contribution in [2.75, 3.05) is 47.5 Å². The van der Waals surface area contributed by atoms with Crippen molar-refractivity contribution in [3.63, 3.8) is 0 Å². The van der Waals surface area contributed by atoms with Gasteiger partial charge in [-0.3, -0.25) is 14.2 Å². The van der Waals surface area contributed by atoms with Gasteiger partial charge in [-0.05, 0) is 103 Å². The first-order chi connectivity index (χ1) is 38.0. The average molecular weight is 1110 g/mol. The number of unbranched alkanes of at least 4 members (excludes halogenated alkanes) is 22. The Morgan fingerprint density at radius 2 is 0.744 bits per heavy atom. The molecule has 0 bridgehead atoms. The van der Waals surface area contributed by atoms with Gasteiger partial charge in [0.2, 0.25) is 0 Å². The molecule has 0 aliphatic heterocycles. The number of carbonyl (C=O) groups excluding carboxylic acids is 2. The largest absolute Gasteiger partial charge is 0.756 e. The minimum atomic E-state index is -4.66. The van der Waals surface area contributed by atoms with Gasteiger partial charge in [-0.25, -0.2) is 0 Å². The number of carbonyl (C=O) groups is 2. The van der Waals surface area contributed by atoms with Gasteiger partial charge in [0.25, 0.3) is 7.82 Å². The molecule has 0 aromatic carbocycles. The fraction of sp³-hybridized carbons (Fsp3) is 0.676. The molecule has 10 heteroatoms. The van der Waals surface area contributed by atoms with Gasteiger partial charge >= 0.3 is 11.9 Å².